The minimum absolute atomic E-state index is 0.153. The summed E-state index contributed by atoms with van der Waals surface area (Å²) in [4.78, 5) is 0. The molecule has 0 spiro atoms. The topological polar surface area (TPSA) is 44.0 Å². The van der Waals surface area contributed by atoms with Crippen LogP contribution in [-0.4, -0.2) is 5.11 Å². The van der Waals surface area contributed by atoms with Crippen molar-refractivity contribution in [2.45, 2.75) is 6.92 Å². The van der Waals surface area contributed by atoms with E-state index in [1.807, 2.05) is 31.2 Å². The van der Waals surface area contributed by atoms with Crippen molar-refractivity contribution in [3.63, 3.8) is 0 Å². The zero-order chi connectivity index (χ0) is 14.7. The van der Waals surface area contributed by atoms with Crippen molar-refractivity contribution < 1.29 is 5.11 Å². The first kappa shape index (κ1) is 14.5. The van der Waals surface area contributed by atoms with Crippen LogP contribution in [0.3, 0.4) is 0 Å². The van der Waals surface area contributed by atoms with Gasteiger partial charge in [-0.25, -0.2) is 0 Å². The van der Waals surface area contributed by atoms with Crippen LogP contribution in [0.2, 0.25) is 10.0 Å². The van der Waals surface area contributed by atoms with Gasteiger partial charge in [0.25, 0.3) is 0 Å². The summed E-state index contributed by atoms with van der Waals surface area (Å²) in [5.41, 5.74) is 3.11. The fourth-order valence-electron chi connectivity index (χ4n) is 1.75. The van der Waals surface area contributed by atoms with Crippen LogP contribution in [0, 0.1) is 18.3 Å². The minimum atomic E-state index is -0.153. The molecule has 4 heteroatoms. The normalized spacial score (nSPS) is 11.2. The van der Waals surface area contributed by atoms with Crippen molar-refractivity contribution in [3.8, 4) is 11.8 Å². The number of nitrogens with zero attached hydrogens (tertiary/aromatic N) is 1. The molecule has 0 amide bonds. The van der Waals surface area contributed by atoms with E-state index in [1.54, 1.807) is 18.2 Å². The molecule has 0 saturated carbocycles. The summed E-state index contributed by atoms with van der Waals surface area (Å²) in [5.74, 6) is -0.153. The molecule has 0 aromatic heterocycles. The van der Waals surface area contributed by atoms with Crippen molar-refractivity contribution >= 4 is 34.9 Å². The third-order valence-corrected chi connectivity index (χ3v) is 3.41. The fourth-order valence-corrected chi connectivity index (χ4v) is 2.25. The molecule has 0 heterocycles. The van der Waals surface area contributed by atoms with E-state index < -0.39 is 0 Å². The molecule has 0 atom stereocenters. The average molecular weight is 304 g/mol. The third-order valence-electron chi connectivity index (χ3n) is 2.83. The summed E-state index contributed by atoms with van der Waals surface area (Å²) in [6, 6.07) is 12.9. The monoisotopic (exact) mass is 303 g/mol. The highest BCUT2D eigenvalue weighted by atomic mass is 35.5. The van der Waals surface area contributed by atoms with Gasteiger partial charge in [-0.05, 0) is 36.3 Å². The maximum atomic E-state index is 9.52. The van der Waals surface area contributed by atoms with E-state index in [-0.39, 0.29) is 15.8 Å². The second kappa shape index (κ2) is 6.00. The van der Waals surface area contributed by atoms with Crippen LogP contribution >= 0.6 is 23.2 Å². The Morgan fingerprint density at radius 3 is 2.20 bits per heavy atom. The number of benzene rings is 2. The molecule has 0 aliphatic carbocycles. The van der Waals surface area contributed by atoms with Gasteiger partial charge >= 0.3 is 0 Å². The molecule has 0 unspecified atom stereocenters. The first-order valence-corrected chi connectivity index (χ1v) is 6.63. The van der Waals surface area contributed by atoms with Gasteiger partial charge < -0.3 is 5.11 Å². The Morgan fingerprint density at radius 2 is 1.70 bits per heavy atom. The van der Waals surface area contributed by atoms with E-state index in [0.29, 0.717) is 11.1 Å². The zero-order valence-electron chi connectivity index (χ0n) is 10.7. The number of allylic oxidation sites excluding steroid dienone is 1. The second-order valence-electron chi connectivity index (χ2n) is 4.37. The number of halogens is 2. The van der Waals surface area contributed by atoms with Crippen molar-refractivity contribution in [2.75, 3.05) is 0 Å². The van der Waals surface area contributed by atoms with Gasteiger partial charge in [-0.2, -0.15) is 5.26 Å². The number of aromatic hydroxyl groups is 1. The van der Waals surface area contributed by atoms with Crippen LogP contribution in [0.25, 0.3) is 11.6 Å². The second-order valence-corrected chi connectivity index (χ2v) is 5.18. The van der Waals surface area contributed by atoms with Gasteiger partial charge in [0.2, 0.25) is 0 Å². The highest BCUT2D eigenvalue weighted by molar-refractivity contribution is 6.37. The van der Waals surface area contributed by atoms with Crippen molar-refractivity contribution in [2.24, 2.45) is 0 Å². The van der Waals surface area contributed by atoms with E-state index in [0.717, 1.165) is 11.1 Å². The van der Waals surface area contributed by atoms with Crippen LogP contribution in [0.5, 0.6) is 5.75 Å². The predicted molar refractivity (Wildman–Crippen MR) is 82.8 cm³/mol. The van der Waals surface area contributed by atoms with E-state index >= 15 is 0 Å². The van der Waals surface area contributed by atoms with Crippen LogP contribution in [0.1, 0.15) is 16.7 Å². The maximum absolute atomic E-state index is 9.52. The number of hydrogen-bond donors (Lipinski definition) is 1. The van der Waals surface area contributed by atoms with Crippen LogP contribution < -0.4 is 0 Å². The van der Waals surface area contributed by atoms with Gasteiger partial charge in [0.15, 0.2) is 5.75 Å². The molecule has 100 valence electrons. The number of aryl methyl sites for hydroxylation is 1. The Morgan fingerprint density at radius 1 is 1.15 bits per heavy atom. The molecule has 2 rings (SSSR count). The molecule has 0 aliphatic rings. The van der Waals surface area contributed by atoms with E-state index in [9.17, 15) is 10.4 Å². The first-order chi connectivity index (χ1) is 9.51. The third kappa shape index (κ3) is 3.14. The van der Waals surface area contributed by atoms with E-state index in [4.69, 9.17) is 23.2 Å². The number of hydrogen-bond acceptors (Lipinski definition) is 2. The minimum Gasteiger partial charge on any atom is -0.505 e. The summed E-state index contributed by atoms with van der Waals surface area (Å²) in [7, 11) is 0. The van der Waals surface area contributed by atoms with Gasteiger partial charge in [0.05, 0.1) is 21.7 Å². The molecule has 20 heavy (non-hydrogen) atoms. The Kier molecular flexibility index (Phi) is 4.34. The van der Waals surface area contributed by atoms with E-state index in [2.05, 4.69) is 6.07 Å². The molecule has 2 aromatic rings. The average Bonchev–Trinajstić information content (AvgIpc) is 2.43. The molecule has 0 aliphatic heterocycles. The molecule has 1 N–H and O–H groups in total. The van der Waals surface area contributed by atoms with Crippen molar-refractivity contribution in [3.05, 3.63) is 63.1 Å². The summed E-state index contributed by atoms with van der Waals surface area (Å²) in [6.07, 6.45) is 1.68. The summed E-state index contributed by atoms with van der Waals surface area (Å²) >= 11 is 11.7. The molecular formula is C16H11Cl2NO. The quantitative estimate of drug-likeness (QED) is 0.621. The van der Waals surface area contributed by atoms with Crippen molar-refractivity contribution in [1.29, 1.82) is 5.26 Å². The lowest BCUT2D eigenvalue weighted by Crippen LogP contribution is -1.83. The molecular weight excluding hydrogens is 293 g/mol. The maximum Gasteiger partial charge on any atom is 0.152 e. The molecule has 0 fully saturated rings. The Bertz CT molecular complexity index is 689. The number of nitriles is 1. The van der Waals surface area contributed by atoms with Crippen LogP contribution in [0.15, 0.2) is 36.4 Å². The highest BCUT2D eigenvalue weighted by Gasteiger charge is 2.07. The molecule has 0 radical (unpaired) electrons. The predicted octanol–water partition coefficient (Wildman–Crippen LogP) is 5.07. The van der Waals surface area contributed by atoms with Crippen molar-refractivity contribution in [1.82, 2.24) is 0 Å². The van der Waals surface area contributed by atoms with Gasteiger partial charge in [0, 0.05) is 0 Å². The number of phenolic OH excluding ortho intramolecular Hbond substituents is 1. The Hall–Kier alpha value is -1.95. The van der Waals surface area contributed by atoms with Gasteiger partial charge in [-0.15, -0.1) is 0 Å². The summed E-state index contributed by atoms with van der Waals surface area (Å²) in [5, 5.41) is 19.1. The number of phenols is 1. The fraction of sp³-hybridized carbons (Fsp3) is 0.0625. The first-order valence-electron chi connectivity index (χ1n) is 5.88. The lowest BCUT2D eigenvalue weighted by Gasteiger charge is -2.04. The van der Waals surface area contributed by atoms with E-state index in [1.165, 1.54) is 0 Å². The van der Waals surface area contributed by atoms with Crippen LogP contribution in [0.4, 0.5) is 0 Å². The van der Waals surface area contributed by atoms with Gasteiger partial charge in [0.1, 0.15) is 0 Å². The number of rotatable bonds is 2. The molecule has 0 saturated heterocycles. The SMILES string of the molecule is Cc1ccc(/C(C#N)=C\c2cc(Cl)c(O)c(Cl)c2)cc1. The van der Waals surface area contributed by atoms with Gasteiger partial charge in [-0.1, -0.05) is 53.0 Å². The van der Waals surface area contributed by atoms with Crippen LogP contribution in [-0.2, 0) is 0 Å². The summed E-state index contributed by atoms with van der Waals surface area (Å²) in [6.45, 7) is 1.99. The largest absolute Gasteiger partial charge is 0.505 e. The standard InChI is InChI=1S/C16H11Cl2NO/c1-10-2-4-12(5-3-10)13(9-19)6-11-7-14(17)16(20)15(18)8-11/h2-8,20H,1H3/b13-6-. The smallest absolute Gasteiger partial charge is 0.152 e. The Labute approximate surface area is 127 Å². The molecule has 2 nitrogen and oxygen atoms in total. The lowest BCUT2D eigenvalue weighted by atomic mass is 10.0. The molecule has 2 aromatic carbocycles. The zero-order valence-corrected chi connectivity index (χ0v) is 12.2. The lowest BCUT2D eigenvalue weighted by molar-refractivity contribution is 0.476. The summed E-state index contributed by atoms with van der Waals surface area (Å²) < 4.78 is 0. The molecule has 0 bridgehead atoms. The Balaban J connectivity index is 2.47. The highest BCUT2D eigenvalue weighted by Crippen LogP contribution is 2.33. The van der Waals surface area contributed by atoms with Gasteiger partial charge in [-0.3, -0.25) is 0 Å².